The minimum absolute atomic E-state index is 0.0245. The fourth-order valence-electron chi connectivity index (χ4n) is 3.05. The van der Waals surface area contributed by atoms with Crippen LogP contribution in [0.4, 0.5) is 5.82 Å². The molecule has 10 heteroatoms. The largest absolute Gasteiger partial charge is 0.378 e. The summed E-state index contributed by atoms with van der Waals surface area (Å²) in [5, 5.41) is 4.27. The fraction of sp³-hybridized carbons (Fsp3) is 0.562. The van der Waals surface area contributed by atoms with Gasteiger partial charge in [-0.25, -0.2) is 23.1 Å². The second-order valence-corrected chi connectivity index (χ2v) is 7.77. The topological polar surface area (TPSA) is 102 Å². The number of morpholine rings is 1. The van der Waals surface area contributed by atoms with Gasteiger partial charge in [0.25, 0.3) is 0 Å². The Hall–Kier alpha value is -2.04. The van der Waals surface area contributed by atoms with Crippen LogP contribution in [0.5, 0.6) is 0 Å². The van der Waals surface area contributed by atoms with E-state index in [0.717, 1.165) is 18.9 Å². The molecule has 0 unspecified atom stereocenters. The van der Waals surface area contributed by atoms with E-state index in [1.807, 2.05) is 13.0 Å². The normalized spacial score (nSPS) is 15.4. The molecule has 0 spiro atoms. The molecular weight excluding hydrogens is 356 g/mol. The lowest BCUT2D eigenvalue weighted by Crippen LogP contribution is -2.37. The van der Waals surface area contributed by atoms with E-state index in [0.29, 0.717) is 37.0 Å². The summed E-state index contributed by atoms with van der Waals surface area (Å²) < 4.78 is 35.0. The SMILES string of the molecule is CCn1nc(C)c(S(=O)(=O)NCc2nccc(N3CCOCC3)n2)c1C. The molecule has 9 nitrogen and oxygen atoms in total. The summed E-state index contributed by atoms with van der Waals surface area (Å²) in [7, 11) is -3.69. The Kier molecular flexibility index (Phi) is 5.54. The summed E-state index contributed by atoms with van der Waals surface area (Å²) in [4.78, 5) is 11.0. The summed E-state index contributed by atoms with van der Waals surface area (Å²) >= 11 is 0. The average Bonchev–Trinajstić information content (AvgIpc) is 2.95. The van der Waals surface area contributed by atoms with Crippen molar-refractivity contribution < 1.29 is 13.2 Å². The maximum absolute atomic E-state index is 12.7. The number of anilines is 1. The molecule has 142 valence electrons. The van der Waals surface area contributed by atoms with Gasteiger partial charge in [-0.2, -0.15) is 5.10 Å². The number of aromatic nitrogens is 4. The molecule has 1 fully saturated rings. The molecule has 0 atom stereocenters. The van der Waals surface area contributed by atoms with Crippen LogP contribution in [0.2, 0.25) is 0 Å². The van der Waals surface area contributed by atoms with Gasteiger partial charge in [-0.15, -0.1) is 0 Å². The van der Waals surface area contributed by atoms with Gasteiger partial charge in [0.05, 0.1) is 31.1 Å². The van der Waals surface area contributed by atoms with Crippen LogP contribution in [0.25, 0.3) is 0 Å². The summed E-state index contributed by atoms with van der Waals surface area (Å²) in [6.45, 7) is 8.86. The van der Waals surface area contributed by atoms with Crippen LogP contribution in [0.1, 0.15) is 24.1 Å². The highest BCUT2D eigenvalue weighted by molar-refractivity contribution is 7.89. The Morgan fingerprint density at radius 3 is 2.65 bits per heavy atom. The lowest BCUT2D eigenvalue weighted by atomic mass is 10.4. The van der Waals surface area contributed by atoms with Crippen LogP contribution in [0.3, 0.4) is 0 Å². The number of nitrogens with zero attached hydrogens (tertiary/aromatic N) is 5. The number of hydrogen-bond acceptors (Lipinski definition) is 7. The Morgan fingerprint density at radius 1 is 1.27 bits per heavy atom. The van der Waals surface area contributed by atoms with Crippen molar-refractivity contribution in [3.05, 3.63) is 29.5 Å². The van der Waals surface area contributed by atoms with E-state index in [2.05, 4.69) is 24.7 Å². The molecule has 2 aromatic rings. The zero-order valence-corrected chi connectivity index (χ0v) is 16.1. The van der Waals surface area contributed by atoms with Gasteiger partial charge in [0.2, 0.25) is 10.0 Å². The molecule has 0 amide bonds. The highest BCUT2D eigenvalue weighted by Gasteiger charge is 2.24. The van der Waals surface area contributed by atoms with E-state index in [9.17, 15) is 8.42 Å². The molecule has 1 aliphatic rings. The highest BCUT2D eigenvalue weighted by atomic mass is 32.2. The van der Waals surface area contributed by atoms with E-state index in [-0.39, 0.29) is 11.4 Å². The maximum atomic E-state index is 12.7. The first-order valence-corrected chi connectivity index (χ1v) is 10.1. The van der Waals surface area contributed by atoms with Crippen molar-refractivity contribution in [1.29, 1.82) is 0 Å². The van der Waals surface area contributed by atoms with Gasteiger partial charge < -0.3 is 9.64 Å². The van der Waals surface area contributed by atoms with Crippen LogP contribution in [0.15, 0.2) is 17.2 Å². The molecule has 1 N–H and O–H groups in total. The van der Waals surface area contributed by atoms with E-state index in [1.54, 1.807) is 24.7 Å². The van der Waals surface area contributed by atoms with Crippen molar-refractivity contribution in [3.63, 3.8) is 0 Å². The van der Waals surface area contributed by atoms with Gasteiger partial charge in [-0.3, -0.25) is 4.68 Å². The van der Waals surface area contributed by atoms with Crippen LogP contribution in [-0.2, 0) is 27.8 Å². The second kappa shape index (κ2) is 7.68. The first kappa shape index (κ1) is 18.7. The van der Waals surface area contributed by atoms with Crippen molar-refractivity contribution >= 4 is 15.8 Å². The number of ether oxygens (including phenoxy) is 1. The summed E-state index contributed by atoms with van der Waals surface area (Å²) in [5.41, 5.74) is 1.11. The molecule has 0 aliphatic carbocycles. The van der Waals surface area contributed by atoms with Crippen LogP contribution < -0.4 is 9.62 Å². The van der Waals surface area contributed by atoms with E-state index >= 15 is 0 Å². The quantitative estimate of drug-likeness (QED) is 0.784. The van der Waals surface area contributed by atoms with Crippen LogP contribution in [0, 0.1) is 13.8 Å². The van der Waals surface area contributed by atoms with E-state index in [1.165, 1.54) is 0 Å². The molecule has 0 aromatic carbocycles. The van der Waals surface area contributed by atoms with Gasteiger partial charge in [-0.05, 0) is 26.8 Å². The van der Waals surface area contributed by atoms with Crippen LogP contribution in [-0.4, -0.2) is 54.5 Å². The van der Waals surface area contributed by atoms with E-state index in [4.69, 9.17) is 4.74 Å². The molecule has 0 bridgehead atoms. The number of hydrogen-bond donors (Lipinski definition) is 1. The van der Waals surface area contributed by atoms with Gasteiger partial charge in [0, 0.05) is 25.8 Å². The molecule has 1 aliphatic heterocycles. The summed E-state index contributed by atoms with van der Waals surface area (Å²) in [6, 6.07) is 1.82. The Balaban J connectivity index is 1.75. The van der Waals surface area contributed by atoms with Gasteiger partial charge in [-0.1, -0.05) is 0 Å². The Bertz CT molecular complexity index is 874. The Labute approximate surface area is 153 Å². The van der Waals surface area contributed by atoms with Gasteiger partial charge >= 0.3 is 0 Å². The predicted molar refractivity (Wildman–Crippen MR) is 96.5 cm³/mol. The third kappa shape index (κ3) is 3.87. The first-order chi connectivity index (χ1) is 12.4. The standard InChI is InChI=1S/C16H24N6O3S/c1-4-22-13(3)16(12(2)20-22)26(23,24)18-11-14-17-6-5-15(19-14)21-7-9-25-10-8-21/h5-6,18H,4,7-11H2,1-3H3. The zero-order chi connectivity index (χ0) is 18.7. The lowest BCUT2D eigenvalue weighted by molar-refractivity contribution is 0.122. The molecular formula is C16H24N6O3S. The van der Waals surface area contributed by atoms with Crippen molar-refractivity contribution in [2.75, 3.05) is 31.2 Å². The third-order valence-electron chi connectivity index (χ3n) is 4.33. The maximum Gasteiger partial charge on any atom is 0.244 e. The minimum atomic E-state index is -3.69. The zero-order valence-electron chi connectivity index (χ0n) is 15.3. The summed E-state index contributed by atoms with van der Waals surface area (Å²) in [5.74, 6) is 1.21. The highest BCUT2D eigenvalue weighted by Crippen LogP contribution is 2.19. The number of nitrogens with one attached hydrogen (secondary N) is 1. The smallest absolute Gasteiger partial charge is 0.244 e. The predicted octanol–water partition coefficient (Wildman–Crippen LogP) is 0.625. The van der Waals surface area contributed by atoms with Gasteiger partial charge in [0.15, 0.2) is 0 Å². The Morgan fingerprint density at radius 2 is 2.00 bits per heavy atom. The van der Waals surface area contributed by atoms with Crippen molar-refractivity contribution in [2.24, 2.45) is 0 Å². The number of rotatable bonds is 6. The monoisotopic (exact) mass is 380 g/mol. The van der Waals surface area contributed by atoms with E-state index < -0.39 is 10.0 Å². The average molecular weight is 380 g/mol. The minimum Gasteiger partial charge on any atom is -0.378 e. The third-order valence-corrected chi connectivity index (χ3v) is 5.98. The molecule has 2 aromatic heterocycles. The molecule has 1 saturated heterocycles. The second-order valence-electron chi connectivity index (χ2n) is 6.07. The van der Waals surface area contributed by atoms with Crippen molar-refractivity contribution in [1.82, 2.24) is 24.5 Å². The van der Waals surface area contributed by atoms with Gasteiger partial charge in [0.1, 0.15) is 16.5 Å². The molecule has 3 rings (SSSR count). The van der Waals surface area contributed by atoms with Crippen LogP contribution >= 0.6 is 0 Å². The van der Waals surface area contributed by atoms with Crippen molar-refractivity contribution in [3.8, 4) is 0 Å². The van der Waals surface area contributed by atoms with Crippen molar-refractivity contribution in [2.45, 2.75) is 38.8 Å². The fourth-order valence-corrected chi connectivity index (χ4v) is 4.44. The summed E-state index contributed by atoms with van der Waals surface area (Å²) in [6.07, 6.45) is 1.65. The number of aryl methyl sites for hydroxylation is 2. The first-order valence-electron chi connectivity index (χ1n) is 8.60. The molecule has 26 heavy (non-hydrogen) atoms. The lowest BCUT2D eigenvalue weighted by Gasteiger charge is -2.27. The molecule has 3 heterocycles. The molecule has 0 radical (unpaired) electrons. The molecule has 0 saturated carbocycles. The number of sulfonamides is 1.